The molecule has 0 bridgehead atoms. The van der Waals surface area contributed by atoms with Crippen molar-refractivity contribution in [1.29, 1.82) is 0 Å². The van der Waals surface area contributed by atoms with Gasteiger partial charge in [0.15, 0.2) is 23.0 Å². The lowest BCUT2D eigenvalue weighted by Gasteiger charge is -2.08. The summed E-state index contributed by atoms with van der Waals surface area (Å²) >= 11 is 5.12. The molecular formula is C19H22N4O4S. The smallest absolute Gasteiger partial charge is 0.207 e. The van der Waals surface area contributed by atoms with Gasteiger partial charge in [-0.25, -0.2) is 0 Å². The van der Waals surface area contributed by atoms with E-state index in [1.807, 2.05) is 12.1 Å². The second kappa shape index (κ2) is 10.7. The van der Waals surface area contributed by atoms with Gasteiger partial charge in [0, 0.05) is 0 Å². The quantitative estimate of drug-likeness (QED) is 0.399. The highest BCUT2D eigenvalue weighted by molar-refractivity contribution is 7.80. The second-order valence-corrected chi connectivity index (χ2v) is 5.71. The minimum absolute atomic E-state index is 0.244. The zero-order valence-electron chi connectivity index (χ0n) is 16.1. The summed E-state index contributed by atoms with van der Waals surface area (Å²) in [6, 6.07) is 10.9. The molecule has 0 aromatic heterocycles. The molecule has 0 aliphatic carbocycles. The monoisotopic (exact) mass is 402 g/mol. The molecular weight excluding hydrogens is 380 g/mol. The molecule has 0 saturated heterocycles. The Morgan fingerprint density at radius 1 is 0.714 bits per heavy atom. The molecule has 0 fully saturated rings. The maximum absolute atomic E-state index is 5.25. The van der Waals surface area contributed by atoms with Crippen LogP contribution in [0.5, 0.6) is 23.0 Å². The van der Waals surface area contributed by atoms with Crippen LogP contribution in [0.25, 0.3) is 0 Å². The molecule has 0 heterocycles. The van der Waals surface area contributed by atoms with Gasteiger partial charge in [-0.15, -0.1) is 0 Å². The number of thiocarbonyl (C=S) groups is 1. The predicted octanol–water partition coefficient (Wildman–Crippen LogP) is 2.55. The Morgan fingerprint density at radius 2 is 1.11 bits per heavy atom. The van der Waals surface area contributed by atoms with E-state index in [0.717, 1.165) is 11.1 Å². The van der Waals surface area contributed by atoms with E-state index in [9.17, 15) is 0 Å². The van der Waals surface area contributed by atoms with Crippen LogP contribution in [0.3, 0.4) is 0 Å². The van der Waals surface area contributed by atoms with Crippen LogP contribution in [-0.4, -0.2) is 46.0 Å². The number of benzene rings is 2. The van der Waals surface area contributed by atoms with E-state index < -0.39 is 0 Å². The van der Waals surface area contributed by atoms with E-state index in [1.165, 1.54) is 0 Å². The Kier molecular flexibility index (Phi) is 8.04. The Hall–Kier alpha value is -3.33. The molecule has 28 heavy (non-hydrogen) atoms. The van der Waals surface area contributed by atoms with Crippen LogP contribution in [0.15, 0.2) is 46.6 Å². The van der Waals surface area contributed by atoms with Gasteiger partial charge in [0.05, 0.1) is 40.9 Å². The number of ether oxygens (including phenoxy) is 4. The molecule has 0 unspecified atom stereocenters. The lowest BCUT2D eigenvalue weighted by Crippen LogP contribution is -2.28. The topological polar surface area (TPSA) is 85.7 Å². The van der Waals surface area contributed by atoms with Crippen LogP contribution in [0, 0.1) is 0 Å². The van der Waals surface area contributed by atoms with Crippen molar-refractivity contribution in [2.45, 2.75) is 0 Å². The van der Waals surface area contributed by atoms with Crippen LogP contribution in [0.1, 0.15) is 11.1 Å². The molecule has 2 aromatic rings. The van der Waals surface area contributed by atoms with Crippen molar-refractivity contribution in [3.05, 3.63) is 47.5 Å². The maximum atomic E-state index is 5.25. The number of methoxy groups -OCH3 is 4. The third kappa shape index (κ3) is 5.85. The van der Waals surface area contributed by atoms with Crippen LogP contribution in [-0.2, 0) is 0 Å². The summed E-state index contributed by atoms with van der Waals surface area (Å²) in [5.74, 6) is 2.53. The van der Waals surface area contributed by atoms with Crippen LogP contribution in [0.4, 0.5) is 0 Å². The van der Waals surface area contributed by atoms with Gasteiger partial charge in [-0.05, 0) is 59.7 Å². The van der Waals surface area contributed by atoms with E-state index in [4.69, 9.17) is 31.2 Å². The van der Waals surface area contributed by atoms with Crippen molar-refractivity contribution in [3.63, 3.8) is 0 Å². The SMILES string of the molecule is COc1ccc(/C=N/NC(=S)N/N=C/c2ccc(OC)c(OC)c2)cc1OC. The Labute approximate surface area is 169 Å². The average Bonchev–Trinajstić information content (AvgIpc) is 2.73. The summed E-state index contributed by atoms with van der Waals surface area (Å²) < 4.78 is 20.9. The van der Waals surface area contributed by atoms with Crippen molar-refractivity contribution < 1.29 is 18.9 Å². The minimum atomic E-state index is 0.244. The van der Waals surface area contributed by atoms with Gasteiger partial charge < -0.3 is 18.9 Å². The van der Waals surface area contributed by atoms with Crippen LogP contribution < -0.4 is 29.8 Å². The summed E-state index contributed by atoms with van der Waals surface area (Å²) in [4.78, 5) is 0. The zero-order valence-corrected chi connectivity index (χ0v) is 16.9. The first-order valence-corrected chi connectivity index (χ1v) is 8.58. The number of hydrogen-bond acceptors (Lipinski definition) is 7. The predicted molar refractivity (Wildman–Crippen MR) is 113 cm³/mol. The number of nitrogens with zero attached hydrogens (tertiary/aromatic N) is 2. The molecule has 0 amide bonds. The van der Waals surface area contributed by atoms with Gasteiger partial charge in [0.1, 0.15) is 0 Å². The number of hydrogen-bond donors (Lipinski definition) is 2. The number of rotatable bonds is 8. The normalized spacial score (nSPS) is 10.7. The van der Waals surface area contributed by atoms with Gasteiger partial charge in [-0.3, -0.25) is 10.9 Å². The lowest BCUT2D eigenvalue weighted by atomic mass is 10.2. The maximum Gasteiger partial charge on any atom is 0.207 e. The van der Waals surface area contributed by atoms with Gasteiger partial charge in [0.2, 0.25) is 5.11 Å². The molecule has 2 N–H and O–H groups in total. The van der Waals surface area contributed by atoms with Gasteiger partial charge >= 0.3 is 0 Å². The highest BCUT2D eigenvalue weighted by Crippen LogP contribution is 2.27. The van der Waals surface area contributed by atoms with E-state index in [0.29, 0.717) is 23.0 Å². The molecule has 2 aromatic carbocycles. The molecule has 0 aliphatic heterocycles. The Bertz CT molecular complexity index is 802. The Balaban J connectivity index is 1.89. The second-order valence-electron chi connectivity index (χ2n) is 5.30. The fourth-order valence-electron chi connectivity index (χ4n) is 2.22. The molecule has 0 radical (unpaired) electrons. The summed E-state index contributed by atoms with van der Waals surface area (Å²) in [6.07, 6.45) is 3.21. The highest BCUT2D eigenvalue weighted by Gasteiger charge is 2.04. The molecule has 9 heteroatoms. The van der Waals surface area contributed by atoms with Crippen molar-refractivity contribution in [2.75, 3.05) is 28.4 Å². The highest BCUT2D eigenvalue weighted by atomic mass is 32.1. The molecule has 148 valence electrons. The van der Waals surface area contributed by atoms with E-state index in [1.54, 1.807) is 65.1 Å². The van der Waals surface area contributed by atoms with Gasteiger partial charge in [-0.1, -0.05) is 0 Å². The zero-order chi connectivity index (χ0) is 20.4. The Morgan fingerprint density at radius 3 is 1.46 bits per heavy atom. The fraction of sp³-hybridized carbons (Fsp3) is 0.211. The first-order valence-electron chi connectivity index (χ1n) is 8.17. The molecule has 2 rings (SSSR count). The van der Waals surface area contributed by atoms with Crippen molar-refractivity contribution in [2.24, 2.45) is 10.2 Å². The first-order chi connectivity index (χ1) is 13.6. The third-order valence-electron chi connectivity index (χ3n) is 3.57. The summed E-state index contributed by atoms with van der Waals surface area (Å²) in [7, 11) is 6.32. The molecule has 8 nitrogen and oxygen atoms in total. The van der Waals surface area contributed by atoms with E-state index in [2.05, 4.69) is 21.1 Å². The molecule has 0 saturated carbocycles. The van der Waals surface area contributed by atoms with E-state index >= 15 is 0 Å². The molecule has 0 spiro atoms. The standard InChI is InChI=1S/C19H22N4O4S/c1-24-15-7-5-13(9-17(15)26-3)11-20-22-19(28)23-21-12-14-6-8-16(25-2)18(10-14)27-4/h5-12H,1-4H3,(H2,22,23,28)/b20-11+,21-12+. The van der Waals surface area contributed by atoms with Crippen LogP contribution >= 0.6 is 12.2 Å². The lowest BCUT2D eigenvalue weighted by molar-refractivity contribution is 0.355. The molecule has 0 atom stereocenters. The van der Waals surface area contributed by atoms with Gasteiger partial charge in [0.25, 0.3) is 0 Å². The largest absolute Gasteiger partial charge is 0.493 e. The van der Waals surface area contributed by atoms with Crippen molar-refractivity contribution >= 4 is 29.8 Å². The molecule has 0 aliphatic rings. The summed E-state index contributed by atoms with van der Waals surface area (Å²) in [5.41, 5.74) is 7.01. The fourth-order valence-corrected chi connectivity index (χ4v) is 2.33. The van der Waals surface area contributed by atoms with Crippen LogP contribution in [0.2, 0.25) is 0 Å². The number of nitrogens with one attached hydrogen (secondary N) is 2. The van der Waals surface area contributed by atoms with Crippen molar-refractivity contribution in [3.8, 4) is 23.0 Å². The minimum Gasteiger partial charge on any atom is -0.493 e. The van der Waals surface area contributed by atoms with E-state index in [-0.39, 0.29) is 5.11 Å². The average molecular weight is 402 g/mol. The van der Waals surface area contributed by atoms with Gasteiger partial charge in [-0.2, -0.15) is 10.2 Å². The summed E-state index contributed by atoms with van der Waals surface area (Å²) in [6.45, 7) is 0. The first kappa shape index (κ1) is 21.0. The van der Waals surface area contributed by atoms with Crippen molar-refractivity contribution in [1.82, 2.24) is 10.9 Å². The number of hydrazone groups is 2. The third-order valence-corrected chi connectivity index (χ3v) is 3.76. The summed E-state index contributed by atoms with van der Waals surface area (Å²) in [5, 5.41) is 8.37.